The van der Waals surface area contributed by atoms with Gasteiger partial charge in [0.1, 0.15) is 0 Å². The Morgan fingerprint density at radius 2 is 1.22 bits per heavy atom. The molecular weight excluding hydrogens is 269 g/mol. The van der Waals surface area contributed by atoms with Gasteiger partial charge in [0.05, 0.1) is 0 Å². The van der Waals surface area contributed by atoms with Crippen LogP contribution < -0.4 is 23.9 Å². The van der Waals surface area contributed by atoms with Crippen molar-refractivity contribution in [2.45, 2.75) is 10.6 Å². The van der Waals surface area contributed by atoms with Gasteiger partial charge in [0.25, 0.3) is 0 Å². The Hall–Kier alpha value is 1.25. The van der Waals surface area contributed by atoms with Crippen LogP contribution in [0.3, 0.4) is 0 Å². The van der Waals surface area contributed by atoms with Gasteiger partial charge in [-0.15, -0.1) is 0 Å². The van der Waals surface area contributed by atoms with Gasteiger partial charge in [0, 0.05) is 0 Å². The van der Waals surface area contributed by atoms with Gasteiger partial charge >= 0.3 is 61.5 Å². The zero-order chi connectivity index (χ0) is 6.24. The monoisotopic (exact) mass is 283 g/mol. The first kappa shape index (κ1) is 12.9. The molecule has 5 heteroatoms. The standard InChI is InChI=1S/C4H12N2Se2.ClH/c5-1-3-7-8-4-2-6;/h1-6H2;1H/p-1. The quantitative estimate of drug-likeness (QED) is 0.399. The fourth-order valence-corrected chi connectivity index (χ4v) is 5.78. The molecule has 0 aliphatic carbocycles. The summed E-state index contributed by atoms with van der Waals surface area (Å²) in [5.41, 5.74) is 10.6. The number of halogens is 1. The van der Waals surface area contributed by atoms with Crippen molar-refractivity contribution in [3.05, 3.63) is 0 Å². The number of hydrogen-bond donors (Lipinski definition) is 2. The molecule has 0 atom stereocenters. The van der Waals surface area contributed by atoms with Crippen molar-refractivity contribution < 1.29 is 12.4 Å². The van der Waals surface area contributed by atoms with Crippen LogP contribution in [0.4, 0.5) is 0 Å². The second kappa shape index (κ2) is 12.0. The van der Waals surface area contributed by atoms with E-state index in [1.807, 2.05) is 0 Å². The van der Waals surface area contributed by atoms with Crippen LogP contribution >= 0.6 is 0 Å². The maximum Gasteiger partial charge on any atom is -1.00 e. The van der Waals surface area contributed by atoms with Gasteiger partial charge in [0.15, 0.2) is 0 Å². The van der Waals surface area contributed by atoms with E-state index in [2.05, 4.69) is 0 Å². The third-order valence-corrected chi connectivity index (χ3v) is 7.97. The summed E-state index contributed by atoms with van der Waals surface area (Å²) >= 11 is 1.67. The summed E-state index contributed by atoms with van der Waals surface area (Å²) < 4.78 is 0. The van der Waals surface area contributed by atoms with E-state index in [1.165, 1.54) is 10.6 Å². The average Bonchev–Trinajstić information content (AvgIpc) is 1.81. The molecule has 0 aromatic carbocycles. The van der Waals surface area contributed by atoms with E-state index in [1.54, 1.807) is 0 Å². The van der Waals surface area contributed by atoms with Crippen LogP contribution in [0.2, 0.25) is 10.6 Å². The summed E-state index contributed by atoms with van der Waals surface area (Å²) in [6.07, 6.45) is 0. The molecule has 58 valence electrons. The molecule has 0 radical (unpaired) electrons. The van der Waals surface area contributed by atoms with E-state index in [0.29, 0.717) is 0 Å². The third-order valence-electron chi connectivity index (χ3n) is 0.486. The van der Waals surface area contributed by atoms with Crippen LogP contribution in [0.15, 0.2) is 0 Å². The van der Waals surface area contributed by atoms with Crippen LogP contribution in [0.25, 0.3) is 0 Å². The zero-order valence-electron chi connectivity index (χ0n) is 5.18. The Balaban J connectivity index is 0. The molecule has 2 nitrogen and oxygen atoms in total. The van der Waals surface area contributed by atoms with Crippen LogP contribution in [0, 0.1) is 0 Å². The number of hydrogen-bond acceptors (Lipinski definition) is 2. The van der Waals surface area contributed by atoms with Gasteiger partial charge in [-0.1, -0.05) is 0 Å². The van der Waals surface area contributed by atoms with E-state index in [-0.39, 0.29) is 12.4 Å². The number of rotatable bonds is 5. The first-order chi connectivity index (χ1) is 3.91. The van der Waals surface area contributed by atoms with Crippen molar-refractivity contribution >= 4 is 26.3 Å². The van der Waals surface area contributed by atoms with Gasteiger partial charge < -0.3 is 12.4 Å². The molecule has 0 spiro atoms. The predicted octanol–water partition coefficient (Wildman–Crippen LogP) is -3.93. The van der Waals surface area contributed by atoms with Crippen LogP contribution in [-0.2, 0) is 0 Å². The second-order valence-corrected chi connectivity index (χ2v) is 9.06. The molecular formula is C4H12ClN2Se2-. The molecule has 0 unspecified atom stereocenters. The average molecular weight is 282 g/mol. The Morgan fingerprint density at radius 1 is 0.889 bits per heavy atom. The summed E-state index contributed by atoms with van der Waals surface area (Å²) in [4.78, 5) is 0. The summed E-state index contributed by atoms with van der Waals surface area (Å²) in [6.45, 7) is 1.73. The topological polar surface area (TPSA) is 52.0 Å². The zero-order valence-corrected chi connectivity index (χ0v) is 9.36. The van der Waals surface area contributed by atoms with Crippen molar-refractivity contribution in [1.82, 2.24) is 0 Å². The SMILES string of the molecule is NCC[Se][Se]CCN.[Cl-]. The van der Waals surface area contributed by atoms with E-state index >= 15 is 0 Å². The third kappa shape index (κ3) is 12.4. The molecule has 0 aliphatic rings. The minimum atomic E-state index is 0. The largest absolute Gasteiger partial charge is 1.00 e. The maximum atomic E-state index is 5.31. The van der Waals surface area contributed by atoms with E-state index in [4.69, 9.17) is 11.5 Å². The molecule has 0 aromatic heterocycles. The summed E-state index contributed by atoms with van der Waals surface area (Å²) in [7, 11) is 0. The fourth-order valence-electron chi connectivity index (χ4n) is 0.214. The molecule has 0 heterocycles. The first-order valence-corrected chi connectivity index (χ1v) is 9.32. The van der Waals surface area contributed by atoms with E-state index in [0.717, 1.165) is 39.4 Å². The van der Waals surface area contributed by atoms with Gasteiger partial charge in [-0.3, -0.25) is 0 Å². The Kier molecular flexibility index (Phi) is 17.1. The van der Waals surface area contributed by atoms with Crippen molar-refractivity contribution in [3.8, 4) is 0 Å². The van der Waals surface area contributed by atoms with Crippen LogP contribution in [0.5, 0.6) is 0 Å². The van der Waals surface area contributed by atoms with E-state index < -0.39 is 0 Å². The molecule has 0 aliphatic heterocycles. The summed E-state index contributed by atoms with van der Waals surface area (Å²) in [5.74, 6) is 0. The first-order valence-electron chi connectivity index (χ1n) is 2.56. The van der Waals surface area contributed by atoms with Gasteiger partial charge in [-0.25, -0.2) is 0 Å². The molecule has 0 rings (SSSR count). The Morgan fingerprint density at radius 3 is 1.44 bits per heavy atom. The molecule has 4 N–H and O–H groups in total. The molecule has 0 saturated heterocycles. The van der Waals surface area contributed by atoms with Gasteiger partial charge in [-0.2, -0.15) is 0 Å². The molecule has 0 amide bonds. The van der Waals surface area contributed by atoms with Crippen LogP contribution in [0.1, 0.15) is 0 Å². The molecule has 9 heavy (non-hydrogen) atoms. The van der Waals surface area contributed by atoms with Gasteiger partial charge in [-0.05, 0) is 0 Å². The summed E-state index contributed by atoms with van der Waals surface area (Å²) in [5, 5.41) is 2.49. The molecule has 0 fully saturated rings. The Labute approximate surface area is 73.8 Å². The second-order valence-electron chi connectivity index (χ2n) is 1.22. The molecule has 0 aromatic rings. The predicted molar refractivity (Wildman–Crippen MR) is 39.2 cm³/mol. The fraction of sp³-hybridized carbons (Fsp3) is 1.00. The van der Waals surface area contributed by atoms with E-state index in [9.17, 15) is 0 Å². The molecule has 0 saturated carbocycles. The minimum Gasteiger partial charge on any atom is -1.00 e. The maximum absolute atomic E-state index is 5.31. The normalized spacial score (nSPS) is 8.67. The molecule has 0 bridgehead atoms. The van der Waals surface area contributed by atoms with Gasteiger partial charge in [0.2, 0.25) is 0 Å². The number of nitrogens with two attached hydrogens (primary N) is 2. The van der Waals surface area contributed by atoms with Crippen molar-refractivity contribution in [1.29, 1.82) is 0 Å². The summed E-state index contributed by atoms with van der Waals surface area (Å²) in [6, 6.07) is 0. The van der Waals surface area contributed by atoms with Crippen molar-refractivity contribution in [2.24, 2.45) is 11.5 Å². The van der Waals surface area contributed by atoms with Crippen LogP contribution in [-0.4, -0.2) is 39.4 Å². The Bertz CT molecular complexity index is 41.5. The van der Waals surface area contributed by atoms with Crippen molar-refractivity contribution in [3.63, 3.8) is 0 Å². The minimum absolute atomic E-state index is 0. The smallest absolute Gasteiger partial charge is 1.00 e. The van der Waals surface area contributed by atoms with Crippen molar-refractivity contribution in [2.75, 3.05) is 13.1 Å².